The molecule has 0 radical (unpaired) electrons. The van der Waals surface area contributed by atoms with Crippen LogP contribution in [-0.4, -0.2) is 23.9 Å². The summed E-state index contributed by atoms with van der Waals surface area (Å²) in [7, 11) is 1.99. The van der Waals surface area contributed by atoms with Gasteiger partial charge in [0.1, 0.15) is 0 Å². The highest BCUT2D eigenvalue weighted by atomic mass is 16.2. The molecule has 0 aromatic carbocycles. The number of carbonyl (C=O) groups is 1. The molecule has 0 aromatic heterocycles. The molecule has 1 amide bonds. The summed E-state index contributed by atoms with van der Waals surface area (Å²) in [6, 6.07) is 0.507. The first-order valence-corrected chi connectivity index (χ1v) is 5.78. The summed E-state index contributed by atoms with van der Waals surface area (Å²) in [6.07, 6.45) is 5.72. The molecule has 1 unspecified atom stereocenters. The fourth-order valence-electron chi connectivity index (χ4n) is 3.19. The maximum atomic E-state index is 11.6. The van der Waals surface area contributed by atoms with Gasteiger partial charge in [-0.25, -0.2) is 0 Å². The van der Waals surface area contributed by atoms with Gasteiger partial charge in [-0.15, -0.1) is 0 Å². The van der Waals surface area contributed by atoms with Gasteiger partial charge in [0.05, 0.1) is 0 Å². The van der Waals surface area contributed by atoms with E-state index in [4.69, 9.17) is 0 Å². The average Bonchev–Trinajstić information content (AvgIpc) is 2.16. The zero-order valence-electron chi connectivity index (χ0n) is 9.55. The Hall–Kier alpha value is -0.530. The van der Waals surface area contributed by atoms with Crippen LogP contribution in [0.4, 0.5) is 0 Å². The van der Waals surface area contributed by atoms with Crippen molar-refractivity contribution in [1.29, 1.82) is 0 Å². The minimum atomic E-state index is 0.349. The van der Waals surface area contributed by atoms with Crippen molar-refractivity contribution in [1.82, 2.24) is 4.90 Å². The van der Waals surface area contributed by atoms with Gasteiger partial charge in [0, 0.05) is 19.5 Å². The van der Waals surface area contributed by atoms with E-state index in [0.717, 1.165) is 18.8 Å². The quantitative estimate of drug-likeness (QED) is 0.581. The zero-order chi connectivity index (χ0) is 10.3. The van der Waals surface area contributed by atoms with Crippen molar-refractivity contribution in [3.8, 4) is 0 Å². The van der Waals surface area contributed by atoms with Gasteiger partial charge in [0.15, 0.2) is 0 Å². The van der Waals surface area contributed by atoms with Crippen LogP contribution in [0.15, 0.2) is 0 Å². The summed E-state index contributed by atoms with van der Waals surface area (Å²) >= 11 is 0. The first-order valence-electron chi connectivity index (χ1n) is 5.78. The Kier molecular flexibility index (Phi) is 2.32. The Morgan fingerprint density at radius 2 is 2.14 bits per heavy atom. The Morgan fingerprint density at radius 3 is 2.86 bits per heavy atom. The van der Waals surface area contributed by atoms with Gasteiger partial charge in [0.2, 0.25) is 5.91 Å². The molecule has 3 atom stereocenters. The molecule has 1 saturated heterocycles. The monoisotopic (exact) mass is 195 g/mol. The van der Waals surface area contributed by atoms with Crippen LogP contribution in [0.25, 0.3) is 0 Å². The van der Waals surface area contributed by atoms with Gasteiger partial charge in [-0.05, 0) is 30.6 Å². The van der Waals surface area contributed by atoms with Gasteiger partial charge in [-0.1, -0.05) is 20.3 Å². The third-order valence-corrected chi connectivity index (χ3v) is 4.41. The third kappa shape index (κ3) is 1.45. The lowest BCUT2D eigenvalue weighted by atomic mass is 9.64. The number of carbonyl (C=O) groups excluding carboxylic acids is 1. The number of piperidine rings is 1. The number of hydrogen-bond donors (Lipinski definition) is 0. The van der Waals surface area contributed by atoms with E-state index in [-0.39, 0.29) is 0 Å². The van der Waals surface area contributed by atoms with Crippen LogP contribution in [0.2, 0.25) is 0 Å². The molecule has 1 aliphatic heterocycles. The fraction of sp³-hybridized carbons (Fsp3) is 0.917. The van der Waals surface area contributed by atoms with Crippen molar-refractivity contribution in [2.24, 2.45) is 11.3 Å². The first-order chi connectivity index (χ1) is 6.53. The summed E-state index contributed by atoms with van der Waals surface area (Å²) in [6.45, 7) is 4.68. The smallest absolute Gasteiger partial charge is 0.222 e. The van der Waals surface area contributed by atoms with E-state index in [9.17, 15) is 4.79 Å². The first kappa shape index (κ1) is 10.0. The highest BCUT2D eigenvalue weighted by Crippen LogP contribution is 2.46. The summed E-state index contributed by atoms with van der Waals surface area (Å²) in [4.78, 5) is 13.6. The van der Waals surface area contributed by atoms with Crippen molar-refractivity contribution in [3.63, 3.8) is 0 Å². The summed E-state index contributed by atoms with van der Waals surface area (Å²) in [5, 5.41) is 0. The van der Waals surface area contributed by atoms with Gasteiger partial charge < -0.3 is 4.90 Å². The molecule has 14 heavy (non-hydrogen) atoms. The molecule has 0 spiro atoms. The Balaban J connectivity index is 2.20. The third-order valence-electron chi connectivity index (χ3n) is 4.41. The lowest BCUT2D eigenvalue weighted by Crippen LogP contribution is -2.54. The van der Waals surface area contributed by atoms with Gasteiger partial charge in [-0.3, -0.25) is 4.79 Å². The average molecular weight is 195 g/mol. The van der Waals surface area contributed by atoms with Crippen LogP contribution in [0.3, 0.4) is 0 Å². The standard InChI is InChI=1S/C12H21NO/c1-9-4-6-12(2)7-5-11(14)13(3)10(12)8-9/h9-10H,4-8H2,1-3H3/t9-,10?,12+/m1/s1. The SMILES string of the molecule is C[C@@H]1CC[C@@]2(C)CCC(=O)N(C)C2C1. The molecule has 2 rings (SSSR count). The van der Waals surface area contributed by atoms with Crippen molar-refractivity contribution in [2.75, 3.05) is 7.05 Å². The van der Waals surface area contributed by atoms with Crippen molar-refractivity contribution in [2.45, 2.75) is 52.0 Å². The zero-order valence-corrected chi connectivity index (χ0v) is 9.55. The molecular formula is C12H21NO. The van der Waals surface area contributed by atoms with E-state index < -0.39 is 0 Å². The van der Waals surface area contributed by atoms with Gasteiger partial charge >= 0.3 is 0 Å². The minimum Gasteiger partial charge on any atom is -0.342 e. The molecule has 1 aliphatic carbocycles. The van der Waals surface area contributed by atoms with Crippen molar-refractivity contribution >= 4 is 5.91 Å². The number of hydrogen-bond acceptors (Lipinski definition) is 1. The topological polar surface area (TPSA) is 20.3 Å². The second-order valence-corrected chi connectivity index (χ2v) is 5.55. The molecule has 2 nitrogen and oxygen atoms in total. The van der Waals surface area contributed by atoms with Crippen LogP contribution in [-0.2, 0) is 4.79 Å². The van der Waals surface area contributed by atoms with Crippen LogP contribution >= 0.6 is 0 Å². The minimum absolute atomic E-state index is 0.349. The maximum Gasteiger partial charge on any atom is 0.222 e. The maximum absolute atomic E-state index is 11.6. The van der Waals surface area contributed by atoms with Crippen LogP contribution in [0.1, 0.15) is 46.0 Å². The molecule has 80 valence electrons. The molecule has 1 heterocycles. The number of fused-ring (bicyclic) bond motifs is 1. The largest absolute Gasteiger partial charge is 0.342 e. The van der Waals surface area contributed by atoms with Crippen molar-refractivity contribution < 1.29 is 4.79 Å². The number of rotatable bonds is 0. The van der Waals surface area contributed by atoms with Crippen LogP contribution in [0, 0.1) is 11.3 Å². The Bertz CT molecular complexity index is 251. The lowest BCUT2D eigenvalue weighted by molar-refractivity contribution is -0.143. The Morgan fingerprint density at radius 1 is 1.43 bits per heavy atom. The molecule has 1 saturated carbocycles. The van der Waals surface area contributed by atoms with Crippen LogP contribution < -0.4 is 0 Å². The molecule has 0 aromatic rings. The van der Waals surface area contributed by atoms with E-state index in [1.807, 2.05) is 11.9 Å². The van der Waals surface area contributed by atoms with E-state index in [2.05, 4.69) is 13.8 Å². The van der Waals surface area contributed by atoms with E-state index >= 15 is 0 Å². The van der Waals surface area contributed by atoms with Gasteiger partial charge in [-0.2, -0.15) is 0 Å². The second-order valence-electron chi connectivity index (χ2n) is 5.55. The Labute approximate surface area is 86.7 Å². The number of amides is 1. The summed E-state index contributed by atoms with van der Waals surface area (Å²) < 4.78 is 0. The highest BCUT2D eigenvalue weighted by molar-refractivity contribution is 5.77. The van der Waals surface area contributed by atoms with E-state index in [1.165, 1.54) is 19.3 Å². The van der Waals surface area contributed by atoms with E-state index in [0.29, 0.717) is 17.4 Å². The molecule has 2 aliphatic rings. The molecule has 2 heteroatoms. The fourth-order valence-corrected chi connectivity index (χ4v) is 3.19. The predicted molar refractivity (Wildman–Crippen MR) is 56.9 cm³/mol. The second kappa shape index (κ2) is 3.25. The molecule has 2 fully saturated rings. The van der Waals surface area contributed by atoms with Gasteiger partial charge in [0.25, 0.3) is 0 Å². The highest BCUT2D eigenvalue weighted by Gasteiger charge is 2.45. The number of likely N-dealkylation sites (tertiary alicyclic amines) is 1. The number of nitrogens with zero attached hydrogens (tertiary/aromatic N) is 1. The summed E-state index contributed by atoms with van der Waals surface area (Å²) in [5.41, 5.74) is 0.412. The molecule has 0 bridgehead atoms. The normalized spacial score (nSPS) is 43.6. The molecule has 0 N–H and O–H groups in total. The molecular weight excluding hydrogens is 174 g/mol. The predicted octanol–water partition coefficient (Wildman–Crippen LogP) is 2.43. The van der Waals surface area contributed by atoms with Crippen LogP contribution in [0.5, 0.6) is 0 Å². The van der Waals surface area contributed by atoms with Crippen molar-refractivity contribution in [3.05, 3.63) is 0 Å². The summed E-state index contributed by atoms with van der Waals surface area (Å²) in [5.74, 6) is 1.14. The van der Waals surface area contributed by atoms with E-state index in [1.54, 1.807) is 0 Å². The lowest BCUT2D eigenvalue weighted by Gasteiger charge is -2.51.